The predicted octanol–water partition coefficient (Wildman–Crippen LogP) is 3.22. The molecule has 6 nitrogen and oxygen atoms in total. The lowest BCUT2D eigenvalue weighted by Gasteiger charge is -2.24. The van der Waals surface area contributed by atoms with E-state index in [4.69, 9.17) is 0 Å². The highest BCUT2D eigenvalue weighted by Gasteiger charge is 2.24. The van der Waals surface area contributed by atoms with Crippen molar-refractivity contribution in [2.75, 3.05) is 36.4 Å². The van der Waals surface area contributed by atoms with Crippen LogP contribution in [-0.4, -0.2) is 44.8 Å². The van der Waals surface area contributed by atoms with E-state index in [1.165, 1.54) is 10.4 Å². The maximum atomic E-state index is 12.8. The van der Waals surface area contributed by atoms with Crippen LogP contribution in [0.4, 0.5) is 11.4 Å². The number of allylic oxidation sites excluding steroid dienone is 1. The summed E-state index contributed by atoms with van der Waals surface area (Å²) in [5, 5.41) is 2.87. The number of hydrogen-bond donors (Lipinski definition) is 1. The lowest BCUT2D eigenvalue weighted by Crippen LogP contribution is -2.31. The van der Waals surface area contributed by atoms with Crippen LogP contribution in [0.5, 0.6) is 0 Å². The van der Waals surface area contributed by atoms with Gasteiger partial charge in [0.2, 0.25) is 15.9 Å². The molecule has 1 heterocycles. The monoisotopic (exact) mass is 379 g/mol. The Morgan fingerprint density at radius 1 is 1.19 bits per heavy atom. The van der Waals surface area contributed by atoms with E-state index >= 15 is 0 Å². The van der Waals surface area contributed by atoms with E-state index in [0.717, 1.165) is 37.2 Å². The highest BCUT2D eigenvalue weighted by molar-refractivity contribution is 7.89. The third-order valence-corrected chi connectivity index (χ3v) is 6.48. The van der Waals surface area contributed by atoms with E-state index in [1.54, 1.807) is 18.2 Å². The van der Waals surface area contributed by atoms with Crippen LogP contribution in [0.1, 0.15) is 40.5 Å². The van der Waals surface area contributed by atoms with E-state index in [-0.39, 0.29) is 10.8 Å². The van der Waals surface area contributed by atoms with Crippen molar-refractivity contribution in [1.82, 2.24) is 4.31 Å². The standard InChI is InChI=1S/C19H29N3O3S/c1-5-22(6-2)26(24,25)16-9-10-18(21-11-7-8-12-21)17(14-16)20-19(23)13-15(3)4/h9-10,13-14H,5-8,11-12H2,1-4H3,(H,20,23). The normalized spacial score (nSPS) is 14.6. The summed E-state index contributed by atoms with van der Waals surface area (Å²) in [6, 6.07) is 5.02. The number of hydrogen-bond acceptors (Lipinski definition) is 4. The van der Waals surface area contributed by atoms with Crippen LogP contribution in [-0.2, 0) is 14.8 Å². The highest BCUT2D eigenvalue weighted by atomic mass is 32.2. The predicted molar refractivity (Wildman–Crippen MR) is 106 cm³/mol. The van der Waals surface area contributed by atoms with Crippen LogP contribution in [0, 0.1) is 0 Å². The molecule has 1 saturated heterocycles. The Hall–Kier alpha value is -1.86. The lowest BCUT2D eigenvalue weighted by molar-refractivity contribution is -0.111. The zero-order chi connectivity index (χ0) is 19.3. The van der Waals surface area contributed by atoms with Gasteiger partial charge in [-0.05, 0) is 44.9 Å². The molecule has 0 aromatic heterocycles. The fourth-order valence-corrected chi connectivity index (χ4v) is 4.64. The van der Waals surface area contributed by atoms with Gasteiger partial charge in [-0.3, -0.25) is 4.79 Å². The van der Waals surface area contributed by atoms with E-state index < -0.39 is 10.0 Å². The Kier molecular flexibility index (Phi) is 6.83. The minimum absolute atomic E-state index is 0.205. The number of rotatable bonds is 7. The molecule has 0 saturated carbocycles. The Balaban J connectivity index is 2.46. The molecular formula is C19H29N3O3S. The second kappa shape index (κ2) is 8.68. The molecule has 1 fully saturated rings. The number of sulfonamides is 1. The number of nitrogens with one attached hydrogen (secondary N) is 1. The van der Waals surface area contributed by atoms with Gasteiger partial charge >= 0.3 is 0 Å². The van der Waals surface area contributed by atoms with Crippen LogP contribution in [0.3, 0.4) is 0 Å². The first-order chi connectivity index (χ1) is 12.3. The largest absolute Gasteiger partial charge is 0.370 e. The van der Waals surface area contributed by atoms with Gasteiger partial charge in [-0.1, -0.05) is 19.4 Å². The number of anilines is 2. The first kappa shape index (κ1) is 20.5. The molecule has 0 aliphatic carbocycles. The third-order valence-electron chi connectivity index (χ3n) is 4.44. The lowest BCUT2D eigenvalue weighted by atomic mass is 10.2. The molecule has 26 heavy (non-hydrogen) atoms. The molecule has 1 aromatic carbocycles. The van der Waals surface area contributed by atoms with E-state index in [1.807, 2.05) is 27.7 Å². The molecule has 7 heteroatoms. The van der Waals surface area contributed by atoms with Gasteiger partial charge in [-0.2, -0.15) is 4.31 Å². The summed E-state index contributed by atoms with van der Waals surface area (Å²) in [5.41, 5.74) is 2.30. The molecule has 0 bridgehead atoms. The van der Waals surface area contributed by atoms with Crippen molar-refractivity contribution >= 4 is 27.3 Å². The van der Waals surface area contributed by atoms with Crippen LogP contribution in [0.2, 0.25) is 0 Å². The zero-order valence-electron chi connectivity index (χ0n) is 16.1. The number of benzene rings is 1. The molecule has 1 aliphatic rings. The fourth-order valence-electron chi connectivity index (χ4n) is 3.15. The summed E-state index contributed by atoms with van der Waals surface area (Å²) < 4.78 is 27.1. The third kappa shape index (κ3) is 4.65. The second-order valence-electron chi connectivity index (χ2n) is 6.67. The summed E-state index contributed by atoms with van der Waals surface area (Å²) >= 11 is 0. The maximum Gasteiger partial charge on any atom is 0.248 e. The van der Waals surface area contributed by atoms with Crippen molar-refractivity contribution in [2.24, 2.45) is 0 Å². The molecule has 2 rings (SSSR count). The number of carbonyl (C=O) groups excluding carboxylic acids is 1. The molecule has 1 amide bonds. The van der Waals surface area contributed by atoms with Crippen LogP contribution < -0.4 is 10.2 Å². The second-order valence-corrected chi connectivity index (χ2v) is 8.61. The summed E-state index contributed by atoms with van der Waals surface area (Å²) in [5.74, 6) is -0.247. The molecule has 0 spiro atoms. The highest BCUT2D eigenvalue weighted by Crippen LogP contribution is 2.32. The smallest absolute Gasteiger partial charge is 0.248 e. The van der Waals surface area contributed by atoms with E-state index in [2.05, 4.69) is 10.2 Å². The van der Waals surface area contributed by atoms with Gasteiger partial charge in [0.1, 0.15) is 0 Å². The number of amides is 1. The summed E-state index contributed by atoms with van der Waals surface area (Å²) in [6.45, 7) is 9.97. The molecule has 0 unspecified atom stereocenters. The SMILES string of the molecule is CCN(CC)S(=O)(=O)c1ccc(N2CCCC2)c(NC(=O)C=C(C)C)c1. The maximum absolute atomic E-state index is 12.8. The van der Waals surface area contributed by atoms with Crippen molar-refractivity contribution < 1.29 is 13.2 Å². The quantitative estimate of drug-likeness (QED) is 0.739. The summed E-state index contributed by atoms with van der Waals surface area (Å²) in [7, 11) is -3.57. The van der Waals surface area contributed by atoms with E-state index in [9.17, 15) is 13.2 Å². The number of nitrogens with zero attached hydrogens (tertiary/aromatic N) is 2. The van der Waals surface area contributed by atoms with Crippen molar-refractivity contribution in [2.45, 2.75) is 45.4 Å². The molecule has 0 radical (unpaired) electrons. The Bertz CT molecular complexity index is 773. The average molecular weight is 380 g/mol. The fraction of sp³-hybridized carbons (Fsp3) is 0.526. The first-order valence-corrected chi connectivity index (χ1v) is 10.6. The Morgan fingerprint density at radius 2 is 1.81 bits per heavy atom. The number of carbonyl (C=O) groups is 1. The van der Waals surface area contributed by atoms with Gasteiger partial charge in [0, 0.05) is 32.3 Å². The van der Waals surface area contributed by atoms with Crippen LogP contribution >= 0.6 is 0 Å². The van der Waals surface area contributed by atoms with Crippen molar-refractivity contribution in [3.05, 3.63) is 29.8 Å². The van der Waals surface area contributed by atoms with Crippen molar-refractivity contribution in [1.29, 1.82) is 0 Å². The summed E-state index contributed by atoms with van der Waals surface area (Å²) in [4.78, 5) is 14.6. The van der Waals surface area contributed by atoms with Gasteiger partial charge in [0.05, 0.1) is 16.3 Å². The minimum atomic E-state index is -3.57. The van der Waals surface area contributed by atoms with Gasteiger partial charge < -0.3 is 10.2 Å². The molecule has 1 aliphatic heterocycles. The van der Waals surface area contributed by atoms with Gasteiger partial charge in [0.15, 0.2) is 0 Å². The van der Waals surface area contributed by atoms with Crippen molar-refractivity contribution in [3.8, 4) is 0 Å². The summed E-state index contributed by atoms with van der Waals surface area (Å²) in [6.07, 6.45) is 3.71. The minimum Gasteiger partial charge on any atom is -0.370 e. The molecule has 144 valence electrons. The first-order valence-electron chi connectivity index (χ1n) is 9.14. The Morgan fingerprint density at radius 3 is 2.35 bits per heavy atom. The van der Waals surface area contributed by atoms with Gasteiger partial charge in [-0.15, -0.1) is 0 Å². The van der Waals surface area contributed by atoms with Crippen molar-refractivity contribution in [3.63, 3.8) is 0 Å². The molecule has 0 atom stereocenters. The van der Waals surface area contributed by atoms with Crippen LogP contribution in [0.15, 0.2) is 34.7 Å². The average Bonchev–Trinajstić information content (AvgIpc) is 3.09. The molecular weight excluding hydrogens is 350 g/mol. The van der Waals surface area contributed by atoms with E-state index in [0.29, 0.717) is 18.8 Å². The Labute approximate surface area is 156 Å². The van der Waals surface area contributed by atoms with Gasteiger partial charge in [-0.25, -0.2) is 8.42 Å². The van der Waals surface area contributed by atoms with Crippen LogP contribution in [0.25, 0.3) is 0 Å². The van der Waals surface area contributed by atoms with Gasteiger partial charge in [0.25, 0.3) is 0 Å². The zero-order valence-corrected chi connectivity index (χ0v) is 16.9. The molecule has 1 N–H and O–H groups in total. The molecule has 1 aromatic rings. The topological polar surface area (TPSA) is 69.7 Å².